The Kier molecular flexibility index (Phi) is 5.07. The van der Waals surface area contributed by atoms with Crippen LogP contribution in [0, 0.1) is 17.8 Å². The van der Waals surface area contributed by atoms with Crippen molar-refractivity contribution in [3.05, 3.63) is 0 Å². The van der Waals surface area contributed by atoms with Gasteiger partial charge in [-0.15, -0.1) is 0 Å². The molecule has 1 rings (SSSR count). The fraction of sp³-hybridized carbons (Fsp3) is 1.00. The lowest BCUT2D eigenvalue weighted by Crippen LogP contribution is -2.47. The SMILES string of the molecule is CC(C)[C@H]1CC[C@@H](C)C[C@H]1N[C@H](C)CO. The summed E-state index contributed by atoms with van der Waals surface area (Å²) in [6, 6.07) is 0.845. The van der Waals surface area contributed by atoms with Crippen LogP contribution in [-0.4, -0.2) is 23.8 Å². The van der Waals surface area contributed by atoms with Crippen molar-refractivity contribution in [2.45, 2.75) is 59.0 Å². The molecule has 1 saturated carbocycles. The molecule has 90 valence electrons. The van der Waals surface area contributed by atoms with Crippen molar-refractivity contribution in [1.29, 1.82) is 0 Å². The second-order valence-electron chi connectivity index (χ2n) is 5.68. The third-order valence-electron chi connectivity index (χ3n) is 3.79. The maximum Gasteiger partial charge on any atom is 0.0582 e. The van der Waals surface area contributed by atoms with Crippen LogP contribution in [0.4, 0.5) is 0 Å². The molecule has 15 heavy (non-hydrogen) atoms. The molecule has 0 bridgehead atoms. The van der Waals surface area contributed by atoms with Crippen LogP contribution < -0.4 is 5.32 Å². The Morgan fingerprint density at radius 1 is 1.27 bits per heavy atom. The van der Waals surface area contributed by atoms with Gasteiger partial charge in [0.1, 0.15) is 0 Å². The zero-order valence-electron chi connectivity index (χ0n) is 10.7. The Labute approximate surface area is 94.5 Å². The second-order valence-corrected chi connectivity index (χ2v) is 5.68. The zero-order chi connectivity index (χ0) is 11.4. The molecule has 0 aromatic carbocycles. The van der Waals surface area contributed by atoms with Gasteiger partial charge in [-0.3, -0.25) is 0 Å². The van der Waals surface area contributed by atoms with E-state index >= 15 is 0 Å². The van der Waals surface area contributed by atoms with Crippen LogP contribution in [0.1, 0.15) is 47.0 Å². The van der Waals surface area contributed by atoms with E-state index in [4.69, 9.17) is 5.11 Å². The molecular formula is C13H27NO. The maximum absolute atomic E-state index is 9.09. The molecule has 0 unspecified atom stereocenters. The van der Waals surface area contributed by atoms with Gasteiger partial charge in [0.15, 0.2) is 0 Å². The van der Waals surface area contributed by atoms with E-state index in [1.165, 1.54) is 19.3 Å². The lowest BCUT2D eigenvalue weighted by molar-refractivity contribution is 0.144. The molecule has 2 N–H and O–H groups in total. The highest BCUT2D eigenvalue weighted by Gasteiger charge is 2.30. The zero-order valence-corrected chi connectivity index (χ0v) is 10.7. The summed E-state index contributed by atoms with van der Waals surface area (Å²) in [5, 5.41) is 12.7. The third-order valence-corrected chi connectivity index (χ3v) is 3.79. The molecule has 0 heterocycles. The Hall–Kier alpha value is -0.0800. The highest BCUT2D eigenvalue weighted by molar-refractivity contribution is 4.86. The molecule has 1 fully saturated rings. The van der Waals surface area contributed by atoms with Crippen molar-refractivity contribution in [3.63, 3.8) is 0 Å². The largest absolute Gasteiger partial charge is 0.395 e. The Balaban J connectivity index is 2.54. The predicted octanol–water partition coefficient (Wildman–Crippen LogP) is 2.42. The van der Waals surface area contributed by atoms with Crippen LogP contribution in [0.25, 0.3) is 0 Å². The van der Waals surface area contributed by atoms with Gasteiger partial charge in [0, 0.05) is 12.1 Å². The van der Waals surface area contributed by atoms with E-state index in [-0.39, 0.29) is 12.6 Å². The highest BCUT2D eigenvalue weighted by Crippen LogP contribution is 2.33. The molecular weight excluding hydrogens is 186 g/mol. The summed E-state index contributed by atoms with van der Waals surface area (Å²) in [6.07, 6.45) is 3.98. The first-order valence-electron chi connectivity index (χ1n) is 6.41. The molecule has 0 aromatic rings. The van der Waals surface area contributed by atoms with Crippen LogP contribution in [0.2, 0.25) is 0 Å². The molecule has 1 aliphatic rings. The van der Waals surface area contributed by atoms with Crippen LogP contribution in [0.5, 0.6) is 0 Å². The van der Waals surface area contributed by atoms with Crippen molar-refractivity contribution >= 4 is 0 Å². The fourth-order valence-corrected chi connectivity index (χ4v) is 2.81. The Bertz CT molecular complexity index is 181. The van der Waals surface area contributed by atoms with Crippen molar-refractivity contribution in [2.75, 3.05) is 6.61 Å². The first-order valence-corrected chi connectivity index (χ1v) is 6.41. The highest BCUT2D eigenvalue weighted by atomic mass is 16.3. The summed E-state index contributed by atoms with van der Waals surface area (Å²) in [5.74, 6) is 2.37. The lowest BCUT2D eigenvalue weighted by Gasteiger charge is -2.39. The molecule has 0 amide bonds. The van der Waals surface area contributed by atoms with Crippen molar-refractivity contribution < 1.29 is 5.11 Å². The van der Waals surface area contributed by atoms with Gasteiger partial charge in [-0.2, -0.15) is 0 Å². The first-order chi connectivity index (χ1) is 7.04. The van der Waals surface area contributed by atoms with Gasteiger partial charge < -0.3 is 10.4 Å². The van der Waals surface area contributed by atoms with Crippen LogP contribution >= 0.6 is 0 Å². The standard InChI is InChI=1S/C13H27NO/c1-9(2)12-6-5-10(3)7-13(12)14-11(4)8-15/h9-15H,5-8H2,1-4H3/t10-,11-,12-,13-/m1/s1. The molecule has 0 aliphatic heterocycles. The monoisotopic (exact) mass is 213 g/mol. The van der Waals surface area contributed by atoms with Crippen LogP contribution in [-0.2, 0) is 0 Å². The summed E-state index contributed by atoms with van der Waals surface area (Å²) in [6.45, 7) is 9.29. The van der Waals surface area contributed by atoms with Gasteiger partial charge in [0.25, 0.3) is 0 Å². The molecule has 0 saturated heterocycles. The molecule has 0 radical (unpaired) electrons. The molecule has 2 nitrogen and oxygen atoms in total. The van der Waals surface area contributed by atoms with E-state index < -0.39 is 0 Å². The van der Waals surface area contributed by atoms with Gasteiger partial charge >= 0.3 is 0 Å². The van der Waals surface area contributed by atoms with E-state index in [2.05, 4.69) is 33.0 Å². The molecule has 0 aromatic heterocycles. The minimum Gasteiger partial charge on any atom is -0.395 e. The number of rotatable bonds is 4. The van der Waals surface area contributed by atoms with E-state index in [0.29, 0.717) is 6.04 Å². The average molecular weight is 213 g/mol. The molecule has 1 aliphatic carbocycles. The minimum absolute atomic E-state index is 0.238. The average Bonchev–Trinajstić information content (AvgIpc) is 2.17. The summed E-state index contributed by atoms with van der Waals surface area (Å²) >= 11 is 0. The number of nitrogens with one attached hydrogen (secondary N) is 1. The number of aliphatic hydroxyl groups is 1. The van der Waals surface area contributed by atoms with Gasteiger partial charge in [-0.1, -0.05) is 27.2 Å². The van der Waals surface area contributed by atoms with Gasteiger partial charge in [-0.05, 0) is 37.5 Å². The maximum atomic E-state index is 9.09. The topological polar surface area (TPSA) is 32.3 Å². The smallest absolute Gasteiger partial charge is 0.0582 e. The van der Waals surface area contributed by atoms with Crippen molar-refractivity contribution in [3.8, 4) is 0 Å². The second kappa shape index (κ2) is 5.86. The van der Waals surface area contributed by atoms with E-state index in [1.54, 1.807) is 0 Å². The Morgan fingerprint density at radius 2 is 1.93 bits per heavy atom. The number of hydrogen-bond donors (Lipinski definition) is 2. The third kappa shape index (κ3) is 3.76. The minimum atomic E-state index is 0.238. The quantitative estimate of drug-likeness (QED) is 0.751. The van der Waals surface area contributed by atoms with Crippen LogP contribution in [0.15, 0.2) is 0 Å². The van der Waals surface area contributed by atoms with E-state index in [0.717, 1.165) is 17.8 Å². The summed E-state index contributed by atoms with van der Waals surface area (Å²) in [5.41, 5.74) is 0. The molecule has 0 spiro atoms. The molecule has 4 atom stereocenters. The van der Waals surface area contributed by atoms with Gasteiger partial charge in [-0.25, -0.2) is 0 Å². The van der Waals surface area contributed by atoms with Crippen LogP contribution in [0.3, 0.4) is 0 Å². The lowest BCUT2D eigenvalue weighted by atomic mass is 9.74. The van der Waals surface area contributed by atoms with Gasteiger partial charge in [0.2, 0.25) is 0 Å². The summed E-state index contributed by atoms with van der Waals surface area (Å²) < 4.78 is 0. The van der Waals surface area contributed by atoms with E-state index in [9.17, 15) is 0 Å². The summed E-state index contributed by atoms with van der Waals surface area (Å²) in [4.78, 5) is 0. The van der Waals surface area contributed by atoms with Crippen molar-refractivity contribution in [2.24, 2.45) is 17.8 Å². The molecule has 2 heteroatoms. The van der Waals surface area contributed by atoms with Crippen molar-refractivity contribution in [1.82, 2.24) is 5.32 Å². The first kappa shape index (κ1) is 13.0. The summed E-state index contributed by atoms with van der Waals surface area (Å²) in [7, 11) is 0. The fourth-order valence-electron chi connectivity index (χ4n) is 2.81. The number of aliphatic hydroxyl groups excluding tert-OH is 1. The number of hydrogen-bond acceptors (Lipinski definition) is 2. The Morgan fingerprint density at radius 3 is 2.47 bits per heavy atom. The normalized spacial score (nSPS) is 34.4. The predicted molar refractivity (Wildman–Crippen MR) is 64.8 cm³/mol. The van der Waals surface area contributed by atoms with E-state index in [1.807, 2.05) is 0 Å². The van der Waals surface area contributed by atoms with Gasteiger partial charge in [0.05, 0.1) is 6.61 Å².